The van der Waals surface area contributed by atoms with Gasteiger partial charge in [0, 0.05) is 11.9 Å². The lowest BCUT2D eigenvalue weighted by Crippen LogP contribution is -2.12. The summed E-state index contributed by atoms with van der Waals surface area (Å²) in [7, 11) is -3.82. The highest BCUT2D eigenvalue weighted by atomic mass is 35.5. The van der Waals surface area contributed by atoms with Gasteiger partial charge in [0.05, 0.1) is 10.3 Å². The van der Waals surface area contributed by atoms with Crippen LogP contribution in [0, 0.1) is 6.92 Å². The number of hydrogen-bond acceptors (Lipinski definition) is 5. The van der Waals surface area contributed by atoms with Crippen molar-refractivity contribution in [3.8, 4) is 0 Å². The van der Waals surface area contributed by atoms with Crippen molar-refractivity contribution in [1.29, 1.82) is 0 Å². The standard InChI is InChI=1S/C21H19ClN4O2S/c1-3-15-5-4-6-16(13-15)23-19-18-11-12-26(20(18)25-21(22)24-19)29(27,28)17-9-7-14(2)8-10-17/h4-13H,3H2,1-2H3,(H,23,24,25). The summed E-state index contributed by atoms with van der Waals surface area (Å²) < 4.78 is 27.4. The van der Waals surface area contributed by atoms with E-state index in [0.717, 1.165) is 21.6 Å². The zero-order valence-corrected chi connectivity index (χ0v) is 17.5. The first-order valence-corrected chi connectivity index (χ1v) is 10.9. The Morgan fingerprint density at radius 3 is 2.55 bits per heavy atom. The molecule has 148 valence electrons. The fourth-order valence-electron chi connectivity index (χ4n) is 3.08. The molecule has 0 spiro atoms. The Hall–Kier alpha value is -2.90. The van der Waals surface area contributed by atoms with Crippen molar-refractivity contribution in [3.05, 3.63) is 77.2 Å². The molecule has 0 atom stereocenters. The molecule has 2 aromatic heterocycles. The fraction of sp³-hybridized carbons (Fsp3) is 0.143. The maximum absolute atomic E-state index is 13.1. The first-order chi connectivity index (χ1) is 13.9. The minimum Gasteiger partial charge on any atom is -0.340 e. The summed E-state index contributed by atoms with van der Waals surface area (Å²) in [5.74, 6) is 0.450. The third-order valence-corrected chi connectivity index (χ3v) is 6.51. The minimum atomic E-state index is -3.82. The number of aromatic nitrogens is 3. The van der Waals surface area contributed by atoms with E-state index in [1.807, 2.05) is 31.2 Å². The summed E-state index contributed by atoms with van der Waals surface area (Å²) in [4.78, 5) is 8.63. The van der Waals surface area contributed by atoms with E-state index in [1.165, 1.54) is 11.8 Å². The SMILES string of the molecule is CCc1cccc(Nc2nc(Cl)nc3c2ccn3S(=O)(=O)c2ccc(C)cc2)c1. The predicted octanol–water partition coefficient (Wildman–Crippen LogP) is 4.94. The summed E-state index contributed by atoms with van der Waals surface area (Å²) >= 11 is 6.12. The van der Waals surface area contributed by atoms with E-state index in [9.17, 15) is 8.42 Å². The topological polar surface area (TPSA) is 76.9 Å². The van der Waals surface area contributed by atoms with Crippen molar-refractivity contribution < 1.29 is 8.42 Å². The summed E-state index contributed by atoms with van der Waals surface area (Å²) in [5.41, 5.74) is 3.22. The van der Waals surface area contributed by atoms with E-state index < -0.39 is 10.0 Å². The third-order valence-electron chi connectivity index (χ3n) is 4.66. The van der Waals surface area contributed by atoms with Crippen LogP contribution in [0.5, 0.6) is 0 Å². The number of aryl methyl sites for hydroxylation is 2. The number of anilines is 2. The zero-order chi connectivity index (χ0) is 20.6. The first kappa shape index (κ1) is 19.4. The normalized spacial score (nSPS) is 11.7. The van der Waals surface area contributed by atoms with Gasteiger partial charge >= 0.3 is 0 Å². The van der Waals surface area contributed by atoms with Crippen LogP contribution in [0.2, 0.25) is 5.28 Å². The summed E-state index contributed by atoms with van der Waals surface area (Å²) in [5, 5.41) is 3.76. The molecule has 0 radical (unpaired) electrons. The molecule has 2 aromatic carbocycles. The number of fused-ring (bicyclic) bond motifs is 1. The Balaban J connectivity index is 1.82. The minimum absolute atomic E-state index is 0.0364. The van der Waals surface area contributed by atoms with Crippen molar-refractivity contribution >= 4 is 44.2 Å². The number of nitrogens with one attached hydrogen (secondary N) is 1. The molecule has 0 saturated heterocycles. The van der Waals surface area contributed by atoms with Crippen LogP contribution in [0.15, 0.2) is 65.7 Å². The molecule has 0 aliphatic rings. The lowest BCUT2D eigenvalue weighted by atomic mass is 10.1. The Labute approximate surface area is 174 Å². The second-order valence-corrected chi connectivity index (χ2v) is 8.84. The van der Waals surface area contributed by atoms with Gasteiger partial charge in [0.15, 0.2) is 5.65 Å². The molecule has 4 rings (SSSR count). The average Bonchev–Trinajstić information content (AvgIpc) is 3.13. The van der Waals surface area contributed by atoms with Crippen molar-refractivity contribution in [2.24, 2.45) is 0 Å². The largest absolute Gasteiger partial charge is 0.340 e. The lowest BCUT2D eigenvalue weighted by molar-refractivity contribution is 0.588. The number of hydrogen-bond donors (Lipinski definition) is 1. The molecule has 29 heavy (non-hydrogen) atoms. The van der Waals surface area contributed by atoms with E-state index in [-0.39, 0.29) is 15.8 Å². The number of nitrogens with zero attached hydrogens (tertiary/aromatic N) is 3. The Bertz CT molecular complexity index is 1300. The molecular formula is C21H19ClN4O2S. The molecule has 0 bridgehead atoms. The van der Waals surface area contributed by atoms with Crippen LogP contribution in [0.1, 0.15) is 18.1 Å². The maximum Gasteiger partial charge on any atom is 0.269 e. The smallest absolute Gasteiger partial charge is 0.269 e. The fourth-order valence-corrected chi connectivity index (χ4v) is 4.54. The van der Waals surface area contributed by atoms with Gasteiger partial charge in [-0.15, -0.1) is 0 Å². The molecule has 8 heteroatoms. The molecule has 0 unspecified atom stereocenters. The zero-order valence-electron chi connectivity index (χ0n) is 15.9. The van der Waals surface area contributed by atoms with Gasteiger partial charge in [-0.05, 0) is 60.8 Å². The number of rotatable bonds is 5. The maximum atomic E-state index is 13.1. The van der Waals surface area contributed by atoms with Gasteiger partial charge in [-0.3, -0.25) is 0 Å². The average molecular weight is 427 g/mol. The highest BCUT2D eigenvalue weighted by molar-refractivity contribution is 7.90. The van der Waals surface area contributed by atoms with Gasteiger partial charge in [-0.1, -0.05) is 36.8 Å². The Morgan fingerprint density at radius 1 is 1.07 bits per heavy atom. The van der Waals surface area contributed by atoms with E-state index >= 15 is 0 Å². The third kappa shape index (κ3) is 3.71. The van der Waals surface area contributed by atoms with E-state index in [4.69, 9.17) is 11.6 Å². The molecule has 4 aromatic rings. The van der Waals surface area contributed by atoms with Gasteiger partial charge in [0.1, 0.15) is 5.82 Å². The van der Waals surface area contributed by atoms with Crippen LogP contribution in [0.4, 0.5) is 11.5 Å². The molecule has 2 heterocycles. The quantitative estimate of drug-likeness (QED) is 0.457. The van der Waals surface area contributed by atoms with Crippen LogP contribution in [0.3, 0.4) is 0 Å². The number of benzene rings is 2. The molecule has 0 amide bonds. The van der Waals surface area contributed by atoms with E-state index in [1.54, 1.807) is 30.3 Å². The van der Waals surface area contributed by atoms with E-state index in [0.29, 0.717) is 11.2 Å². The van der Waals surface area contributed by atoms with Crippen molar-refractivity contribution in [3.63, 3.8) is 0 Å². The van der Waals surface area contributed by atoms with Crippen molar-refractivity contribution in [1.82, 2.24) is 13.9 Å². The Kier molecular flexibility index (Phi) is 5.02. The van der Waals surface area contributed by atoms with Crippen LogP contribution in [-0.2, 0) is 16.4 Å². The molecule has 0 aliphatic carbocycles. The monoisotopic (exact) mass is 426 g/mol. The van der Waals surface area contributed by atoms with Crippen LogP contribution in [0.25, 0.3) is 11.0 Å². The highest BCUT2D eigenvalue weighted by Gasteiger charge is 2.22. The van der Waals surface area contributed by atoms with Crippen molar-refractivity contribution in [2.75, 3.05) is 5.32 Å². The summed E-state index contributed by atoms with van der Waals surface area (Å²) in [6, 6.07) is 16.3. The summed E-state index contributed by atoms with van der Waals surface area (Å²) in [6.45, 7) is 3.98. The lowest BCUT2D eigenvalue weighted by Gasteiger charge is -2.10. The van der Waals surface area contributed by atoms with Gasteiger partial charge in [-0.2, -0.15) is 9.97 Å². The molecule has 0 saturated carbocycles. The van der Waals surface area contributed by atoms with Gasteiger partial charge in [0.25, 0.3) is 10.0 Å². The molecule has 6 nitrogen and oxygen atoms in total. The second-order valence-electron chi connectivity index (χ2n) is 6.69. The molecule has 0 fully saturated rings. The number of halogens is 1. The first-order valence-electron chi connectivity index (χ1n) is 9.11. The van der Waals surface area contributed by atoms with Gasteiger partial charge in [-0.25, -0.2) is 12.4 Å². The molecule has 1 N–H and O–H groups in total. The van der Waals surface area contributed by atoms with Gasteiger partial charge < -0.3 is 5.32 Å². The molecular weight excluding hydrogens is 408 g/mol. The van der Waals surface area contributed by atoms with E-state index in [2.05, 4.69) is 22.2 Å². The second kappa shape index (κ2) is 7.50. The highest BCUT2D eigenvalue weighted by Crippen LogP contribution is 2.29. The van der Waals surface area contributed by atoms with Crippen LogP contribution >= 0.6 is 11.6 Å². The molecule has 0 aliphatic heterocycles. The summed E-state index contributed by atoms with van der Waals surface area (Å²) in [6.07, 6.45) is 2.37. The van der Waals surface area contributed by atoms with Crippen LogP contribution in [-0.4, -0.2) is 22.4 Å². The predicted molar refractivity (Wildman–Crippen MR) is 115 cm³/mol. The van der Waals surface area contributed by atoms with Crippen molar-refractivity contribution in [2.45, 2.75) is 25.2 Å². The van der Waals surface area contributed by atoms with Crippen LogP contribution < -0.4 is 5.32 Å². The Morgan fingerprint density at radius 2 is 1.83 bits per heavy atom. The van der Waals surface area contributed by atoms with Gasteiger partial charge in [0.2, 0.25) is 5.28 Å².